The Morgan fingerprint density at radius 1 is 1.30 bits per heavy atom. The van der Waals surface area contributed by atoms with E-state index >= 15 is 0 Å². The van der Waals surface area contributed by atoms with Gasteiger partial charge in [-0.05, 0) is 62.6 Å². The molecule has 1 aliphatic heterocycles. The van der Waals surface area contributed by atoms with Crippen LogP contribution in [0.1, 0.15) is 50.8 Å². The van der Waals surface area contributed by atoms with Crippen LogP contribution in [0, 0.1) is 0 Å². The number of fused-ring (bicyclic) bond motifs is 1. The van der Waals surface area contributed by atoms with Gasteiger partial charge in [0.2, 0.25) is 0 Å². The van der Waals surface area contributed by atoms with Gasteiger partial charge in [0.05, 0.1) is 5.41 Å². The van der Waals surface area contributed by atoms with Crippen LogP contribution in [0.25, 0.3) is 0 Å². The molecule has 0 aromatic heterocycles. The number of ether oxygens (including phenoxy) is 2. The zero-order valence-electron chi connectivity index (χ0n) is 16.1. The van der Waals surface area contributed by atoms with Gasteiger partial charge in [0.15, 0.2) is 0 Å². The highest BCUT2D eigenvalue weighted by molar-refractivity contribution is 6.30. The summed E-state index contributed by atoms with van der Waals surface area (Å²) in [7, 11) is 0. The van der Waals surface area contributed by atoms with Gasteiger partial charge in [0.1, 0.15) is 23.7 Å². The monoisotopic (exact) mass is 388 g/mol. The fourth-order valence-electron chi connectivity index (χ4n) is 3.41. The third-order valence-electron chi connectivity index (χ3n) is 5.27. The normalized spacial score (nSPS) is 16.9. The van der Waals surface area contributed by atoms with E-state index < -0.39 is 11.4 Å². The van der Waals surface area contributed by atoms with Crippen molar-refractivity contribution in [2.45, 2.75) is 58.2 Å². The van der Waals surface area contributed by atoms with Crippen molar-refractivity contribution in [1.29, 1.82) is 0 Å². The highest BCUT2D eigenvalue weighted by Crippen LogP contribution is 2.40. The summed E-state index contributed by atoms with van der Waals surface area (Å²) in [6.07, 6.45) is 1.33. The van der Waals surface area contributed by atoms with Crippen molar-refractivity contribution >= 4 is 17.6 Å². The van der Waals surface area contributed by atoms with Crippen LogP contribution in [0.5, 0.6) is 11.5 Å². The van der Waals surface area contributed by atoms with E-state index in [0.29, 0.717) is 23.8 Å². The van der Waals surface area contributed by atoms with Gasteiger partial charge in [-0.1, -0.05) is 30.7 Å². The molecule has 1 unspecified atom stereocenters. The summed E-state index contributed by atoms with van der Waals surface area (Å²) >= 11 is 6.25. The standard InChI is InChI=1S/C22H25ClO4/c1-5-22(4,20(24)25)16-6-8-18(9-7-16)26-13-15-11-17(23)10-14-12-21(2,3)27-19(14)15/h6-11H,5,12-13H2,1-4H3,(H,24,25). The van der Waals surface area contributed by atoms with Crippen LogP contribution >= 0.6 is 11.6 Å². The first-order valence-electron chi connectivity index (χ1n) is 9.12. The Kier molecular flexibility index (Phi) is 5.13. The number of carbonyl (C=O) groups is 1. The summed E-state index contributed by atoms with van der Waals surface area (Å²) in [5.74, 6) is 0.701. The first-order chi connectivity index (χ1) is 12.6. The summed E-state index contributed by atoms with van der Waals surface area (Å²) in [6.45, 7) is 8.05. The number of rotatable bonds is 6. The molecule has 5 heteroatoms. The van der Waals surface area contributed by atoms with E-state index in [1.807, 2.05) is 43.3 Å². The molecule has 1 N–H and O–H groups in total. The maximum atomic E-state index is 11.6. The topological polar surface area (TPSA) is 55.8 Å². The Labute approximate surface area is 165 Å². The molecule has 2 aromatic carbocycles. The van der Waals surface area contributed by atoms with E-state index in [1.165, 1.54) is 0 Å². The molecule has 1 atom stereocenters. The molecule has 0 bridgehead atoms. The molecule has 0 saturated heterocycles. The summed E-state index contributed by atoms with van der Waals surface area (Å²) in [6, 6.07) is 11.1. The number of benzene rings is 2. The van der Waals surface area contributed by atoms with Crippen LogP contribution in [-0.2, 0) is 23.2 Å². The average molecular weight is 389 g/mol. The van der Waals surface area contributed by atoms with Gasteiger partial charge < -0.3 is 14.6 Å². The summed E-state index contributed by atoms with van der Waals surface area (Å²) in [4.78, 5) is 11.6. The third kappa shape index (κ3) is 3.91. The van der Waals surface area contributed by atoms with Gasteiger partial charge in [-0.25, -0.2) is 0 Å². The van der Waals surface area contributed by atoms with Crippen molar-refractivity contribution in [3.8, 4) is 11.5 Å². The molecule has 1 aliphatic rings. The van der Waals surface area contributed by atoms with E-state index in [1.54, 1.807) is 6.92 Å². The minimum Gasteiger partial charge on any atom is -0.489 e. The zero-order valence-corrected chi connectivity index (χ0v) is 16.9. The van der Waals surface area contributed by atoms with Crippen molar-refractivity contribution < 1.29 is 19.4 Å². The van der Waals surface area contributed by atoms with Crippen LogP contribution < -0.4 is 9.47 Å². The lowest BCUT2D eigenvalue weighted by Crippen LogP contribution is -2.31. The molecule has 0 amide bonds. The molecule has 0 aliphatic carbocycles. The van der Waals surface area contributed by atoms with Crippen molar-refractivity contribution in [2.24, 2.45) is 0 Å². The van der Waals surface area contributed by atoms with Crippen molar-refractivity contribution in [2.75, 3.05) is 0 Å². The SMILES string of the molecule is CCC(C)(C(=O)O)c1ccc(OCc2cc(Cl)cc3c2OC(C)(C)C3)cc1. The minimum absolute atomic E-state index is 0.245. The number of hydrogen-bond donors (Lipinski definition) is 1. The Morgan fingerprint density at radius 3 is 2.56 bits per heavy atom. The molecule has 2 aromatic rings. The second kappa shape index (κ2) is 7.08. The van der Waals surface area contributed by atoms with Crippen molar-refractivity contribution in [3.63, 3.8) is 0 Å². The molecule has 0 radical (unpaired) electrons. The molecule has 0 spiro atoms. The summed E-state index contributed by atoms with van der Waals surface area (Å²) in [5, 5.41) is 10.2. The van der Waals surface area contributed by atoms with Gasteiger partial charge in [0.25, 0.3) is 0 Å². The van der Waals surface area contributed by atoms with Gasteiger partial charge in [-0.3, -0.25) is 4.79 Å². The Balaban J connectivity index is 1.76. The van der Waals surface area contributed by atoms with E-state index in [0.717, 1.165) is 28.9 Å². The lowest BCUT2D eigenvalue weighted by atomic mass is 9.80. The maximum Gasteiger partial charge on any atom is 0.313 e. The Morgan fingerprint density at radius 2 is 1.96 bits per heavy atom. The van der Waals surface area contributed by atoms with Gasteiger partial charge in [-0.15, -0.1) is 0 Å². The number of aliphatic carboxylic acids is 1. The van der Waals surface area contributed by atoms with Crippen LogP contribution in [0.4, 0.5) is 0 Å². The van der Waals surface area contributed by atoms with Crippen LogP contribution in [-0.4, -0.2) is 16.7 Å². The molecule has 144 valence electrons. The summed E-state index contributed by atoms with van der Waals surface area (Å²) < 4.78 is 12.0. The third-order valence-corrected chi connectivity index (χ3v) is 5.49. The predicted octanol–water partition coefficient (Wildman–Crippen LogP) is 5.38. The lowest BCUT2D eigenvalue weighted by Gasteiger charge is -2.23. The lowest BCUT2D eigenvalue weighted by molar-refractivity contribution is -0.143. The first-order valence-corrected chi connectivity index (χ1v) is 9.49. The maximum absolute atomic E-state index is 11.6. The quantitative estimate of drug-likeness (QED) is 0.721. The fraction of sp³-hybridized carbons (Fsp3) is 0.409. The molecule has 1 heterocycles. The largest absolute Gasteiger partial charge is 0.489 e. The second-order valence-electron chi connectivity index (χ2n) is 7.90. The van der Waals surface area contributed by atoms with Crippen molar-refractivity contribution in [1.82, 2.24) is 0 Å². The molecule has 0 saturated carbocycles. The number of carboxylic acid groups (broad SMARTS) is 1. The predicted molar refractivity (Wildman–Crippen MR) is 106 cm³/mol. The van der Waals surface area contributed by atoms with E-state index in [-0.39, 0.29) is 5.60 Å². The van der Waals surface area contributed by atoms with Crippen molar-refractivity contribution in [3.05, 3.63) is 58.1 Å². The molecule has 27 heavy (non-hydrogen) atoms. The van der Waals surface area contributed by atoms with Gasteiger partial charge in [0, 0.05) is 17.0 Å². The van der Waals surface area contributed by atoms with Crippen LogP contribution in [0.2, 0.25) is 5.02 Å². The molecular weight excluding hydrogens is 364 g/mol. The average Bonchev–Trinajstić information content (AvgIpc) is 2.93. The fourth-order valence-corrected chi connectivity index (χ4v) is 3.67. The molecular formula is C22H25ClO4. The number of halogens is 1. The van der Waals surface area contributed by atoms with E-state index in [4.69, 9.17) is 21.1 Å². The zero-order chi connectivity index (χ0) is 19.8. The van der Waals surface area contributed by atoms with E-state index in [2.05, 4.69) is 13.8 Å². The van der Waals surface area contributed by atoms with Gasteiger partial charge >= 0.3 is 5.97 Å². The first kappa shape index (κ1) is 19.6. The number of hydrogen-bond acceptors (Lipinski definition) is 3. The van der Waals surface area contributed by atoms with Crippen LogP contribution in [0.15, 0.2) is 36.4 Å². The second-order valence-corrected chi connectivity index (χ2v) is 8.33. The number of carboxylic acids is 1. The smallest absolute Gasteiger partial charge is 0.313 e. The van der Waals surface area contributed by atoms with Gasteiger partial charge in [-0.2, -0.15) is 0 Å². The molecule has 4 nitrogen and oxygen atoms in total. The molecule has 0 fully saturated rings. The van der Waals surface area contributed by atoms with E-state index in [9.17, 15) is 9.90 Å². The minimum atomic E-state index is -0.897. The van der Waals surface area contributed by atoms with Crippen LogP contribution in [0.3, 0.4) is 0 Å². The Bertz CT molecular complexity index is 857. The molecule has 3 rings (SSSR count). The Hall–Kier alpha value is -2.20. The highest BCUT2D eigenvalue weighted by Gasteiger charge is 2.33. The summed E-state index contributed by atoms with van der Waals surface area (Å²) in [5.41, 5.74) is 1.63. The highest BCUT2D eigenvalue weighted by atomic mass is 35.5.